The van der Waals surface area contributed by atoms with E-state index < -0.39 is 23.0 Å². The van der Waals surface area contributed by atoms with Gasteiger partial charge in [0.15, 0.2) is 11.4 Å². The number of pyridine rings is 1. The van der Waals surface area contributed by atoms with Gasteiger partial charge in [-0.3, -0.25) is 19.7 Å². The molecule has 0 saturated carbocycles. The summed E-state index contributed by atoms with van der Waals surface area (Å²) in [5, 5.41) is 16.1. The maximum atomic E-state index is 13.0. The third-order valence-corrected chi connectivity index (χ3v) is 5.03. The average Bonchev–Trinajstić information content (AvgIpc) is 2.70. The number of nitrogens with zero attached hydrogens (tertiary/aromatic N) is 2. The Bertz CT molecular complexity index is 1000. The van der Waals surface area contributed by atoms with E-state index in [2.05, 4.69) is 10.6 Å². The molecule has 2 aliphatic rings. The first kappa shape index (κ1) is 18.2. The molecule has 8 nitrogen and oxygen atoms in total. The molecule has 3 N–H and O–H groups in total. The maximum absolute atomic E-state index is 13.0. The van der Waals surface area contributed by atoms with Gasteiger partial charge in [0.1, 0.15) is 17.5 Å². The molecule has 1 fully saturated rings. The molecular formula is C19H19FN4O4. The molecule has 0 spiro atoms. The number of hydrogen-bond acceptors (Lipinski definition) is 5. The van der Waals surface area contributed by atoms with Crippen LogP contribution in [0, 0.1) is 5.82 Å². The number of hydrogen-bond donors (Lipinski definition) is 3. The highest BCUT2D eigenvalue weighted by atomic mass is 19.1. The lowest BCUT2D eigenvalue weighted by atomic mass is 10.1. The molecular weight excluding hydrogens is 367 g/mol. The maximum Gasteiger partial charge on any atom is 0.275 e. The van der Waals surface area contributed by atoms with E-state index in [1.165, 1.54) is 35.0 Å². The molecule has 2 amide bonds. The summed E-state index contributed by atoms with van der Waals surface area (Å²) in [6.07, 6.45) is 1.85. The van der Waals surface area contributed by atoms with E-state index in [9.17, 15) is 23.9 Å². The van der Waals surface area contributed by atoms with Crippen LogP contribution in [0.25, 0.3) is 0 Å². The molecule has 2 aliphatic heterocycles. The summed E-state index contributed by atoms with van der Waals surface area (Å²) < 4.78 is 14.4. The third-order valence-electron chi connectivity index (χ3n) is 5.03. The van der Waals surface area contributed by atoms with Crippen molar-refractivity contribution in [3.8, 4) is 5.75 Å². The van der Waals surface area contributed by atoms with Crippen LogP contribution in [0.1, 0.15) is 32.8 Å². The highest BCUT2D eigenvalue weighted by Gasteiger charge is 2.37. The molecule has 0 radical (unpaired) electrons. The predicted molar refractivity (Wildman–Crippen MR) is 97.4 cm³/mol. The SMILES string of the molecule is O=C(NCc1ccc(F)cc1)c1cn2c(c(O)c1=O)C(=O)N1CCCNC1C2. The van der Waals surface area contributed by atoms with E-state index in [4.69, 9.17) is 0 Å². The van der Waals surface area contributed by atoms with Crippen LogP contribution in [0.2, 0.25) is 0 Å². The summed E-state index contributed by atoms with van der Waals surface area (Å²) in [7, 11) is 0. The Labute approximate surface area is 159 Å². The van der Waals surface area contributed by atoms with Crippen molar-refractivity contribution in [2.24, 2.45) is 0 Å². The molecule has 28 heavy (non-hydrogen) atoms. The number of amides is 2. The fourth-order valence-electron chi connectivity index (χ4n) is 3.57. The number of rotatable bonds is 3. The number of halogens is 1. The molecule has 146 valence electrons. The van der Waals surface area contributed by atoms with Crippen LogP contribution >= 0.6 is 0 Å². The largest absolute Gasteiger partial charge is 0.503 e. The van der Waals surface area contributed by atoms with Crippen LogP contribution in [0.4, 0.5) is 4.39 Å². The number of nitrogens with one attached hydrogen (secondary N) is 2. The summed E-state index contributed by atoms with van der Waals surface area (Å²) >= 11 is 0. The van der Waals surface area contributed by atoms with Gasteiger partial charge in [-0.25, -0.2) is 4.39 Å². The lowest BCUT2D eigenvalue weighted by Crippen LogP contribution is -2.59. The van der Waals surface area contributed by atoms with Crippen LogP contribution in [-0.4, -0.2) is 45.6 Å². The van der Waals surface area contributed by atoms with Crippen molar-refractivity contribution in [2.45, 2.75) is 25.7 Å². The van der Waals surface area contributed by atoms with Crippen LogP contribution in [-0.2, 0) is 13.1 Å². The van der Waals surface area contributed by atoms with E-state index >= 15 is 0 Å². The van der Waals surface area contributed by atoms with Crippen molar-refractivity contribution >= 4 is 11.8 Å². The Balaban J connectivity index is 1.61. The lowest BCUT2D eigenvalue weighted by Gasteiger charge is -2.41. The second kappa shape index (κ2) is 7.08. The highest BCUT2D eigenvalue weighted by Crippen LogP contribution is 2.24. The van der Waals surface area contributed by atoms with E-state index in [-0.39, 0.29) is 29.8 Å². The van der Waals surface area contributed by atoms with Gasteiger partial charge in [-0.05, 0) is 30.7 Å². The van der Waals surface area contributed by atoms with Gasteiger partial charge in [0.05, 0.1) is 6.54 Å². The fraction of sp³-hybridized carbons (Fsp3) is 0.316. The lowest BCUT2D eigenvalue weighted by molar-refractivity contribution is 0.0462. The summed E-state index contributed by atoms with van der Waals surface area (Å²) in [6, 6.07) is 5.59. The Morgan fingerprint density at radius 3 is 2.79 bits per heavy atom. The van der Waals surface area contributed by atoms with Crippen molar-refractivity contribution in [1.29, 1.82) is 0 Å². The van der Waals surface area contributed by atoms with Gasteiger partial charge in [-0.2, -0.15) is 0 Å². The first-order chi connectivity index (χ1) is 13.5. The van der Waals surface area contributed by atoms with Gasteiger partial charge in [0.25, 0.3) is 11.8 Å². The standard InChI is InChI=1S/C19H19FN4O4/c20-12-4-2-11(3-5-12)8-22-18(27)13-9-23-10-14-21-6-1-7-24(14)19(28)15(23)17(26)16(13)25/h2-5,9,14,21,26H,1,6-8,10H2,(H,22,27). The molecule has 1 aromatic carbocycles. The van der Waals surface area contributed by atoms with Gasteiger partial charge < -0.3 is 19.9 Å². The number of benzene rings is 1. The molecule has 1 saturated heterocycles. The van der Waals surface area contributed by atoms with Gasteiger partial charge in [-0.15, -0.1) is 0 Å². The van der Waals surface area contributed by atoms with Gasteiger partial charge in [0.2, 0.25) is 5.43 Å². The second-order valence-corrected chi connectivity index (χ2v) is 6.85. The molecule has 0 bridgehead atoms. The highest BCUT2D eigenvalue weighted by molar-refractivity contribution is 5.99. The number of aromatic nitrogens is 1. The molecule has 9 heteroatoms. The fourth-order valence-corrected chi connectivity index (χ4v) is 3.57. The van der Waals surface area contributed by atoms with E-state index in [0.29, 0.717) is 18.7 Å². The Morgan fingerprint density at radius 1 is 1.29 bits per heavy atom. The average molecular weight is 386 g/mol. The van der Waals surface area contributed by atoms with Crippen molar-refractivity contribution in [1.82, 2.24) is 20.1 Å². The second-order valence-electron chi connectivity index (χ2n) is 6.85. The van der Waals surface area contributed by atoms with Crippen LogP contribution in [0.5, 0.6) is 5.75 Å². The smallest absolute Gasteiger partial charge is 0.275 e. The first-order valence-corrected chi connectivity index (χ1v) is 8.99. The molecule has 1 unspecified atom stereocenters. The zero-order valence-corrected chi connectivity index (χ0v) is 14.9. The van der Waals surface area contributed by atoms with Crippen LogP contribution in [0.15, 0.2) is 35.3 Å². The van der Waals surface area contributed by atoms with Crippen LogP contribution in [0.3, 0.4) is 0 Å². The van der Waals surface area contributed by atoms with Gasteiger partial charge in [0, 0.05) is 19.3 Å². The summed E-state index contributed by atoms with van der Waals surface area (Å²) in [5.74, 6) is -2.21. The molecule has 1 aromatic heterocycles. The van der Waals surface area contributed by atoms with Crippen LogP contribution < -0.4 is 16.1 Å². The minimum absolute atomic E-state index is 0.0952. The Hall–Kier alpha value is -3.20. The van der Waals surface area contributed by atoms with Gasteiger partial charge >= 0.3 is 0 Å². The molecule has 1 atom stereocenters. The zero-order valence-electron chi connectivity index (χ0n) is 14.9. The van der Waals surface area contributed by atoms with Crippen molar-refractivity contribution in [2.75, 3.05) is 13.1 Å². The zero-order chi connectivity index (χ0) is 19.8. The molecule has 0 aliphatic carbocycles. The summed E-state index contributed by atoms with van der Waals surface area (Å²) in [6.45, 7) is 1.73. The summed E-state index contributed by atoms with van der Waals surface area (Å²) in [4.78, 5) is 39.2. The Kier molecular flexibility index (Phi) is 4.60. The monoisotopic (exact) mass is 386 g/mol. The Morgan fingerprint density at radius 2 is 2.04 bits per heavy atom. The number of carbonyl (C=O) groups is 2. The minimum atomic E-state index is -0.889. The quantitative estimate of drug-likeness (QED) is 0.709. The molecule has 2 aromatic rings. The predicted octanol–water partition coefficient (Wildman–Crippen LogP) is 0.398. The van der Waals surface area contributed by atoms with E-state index in [0.717, 1.165) is 13.0 Å². The summed E-state index contributed by atoms with van der Waals surface area (Å²) in [5.41, 5.74) is -0.575. The normalized spacial score (nSPS) is 18.4. The van der Waals surface area contributed by atoms with Crippen molar-refractivity contribution < 1.29 is 19.1 Å². The first-order valence-electron chi connectivity index (χ1n) is 8.99. The van der Waals surface area contributed by atoms with E-state index in [1.807, 2.05) is 0 Å². The molecule has 3 heterocycles. The minimum Gasteiger partial charge on any atom is -0.503 e. The third kappa shape index (κ3) is 3.13. The van der Waals surface area contributed by atoms with Crippen molar-refractivity contribution in [3.63, 3.8) is 0 Å². The topological polar surface area (TPSA) is 104 Å². The van der Waals surface area contributed by atoms with E-state index in [1.54, 1.807) is 4.90 Å². The molecule has 4 rings (SSSR count). The number of fused-ring (bicyclic) bond motifs is 2. The van der Waals surface area contributed by atoms with Gasteiger partial charge in [-0.1, -0.05) is 12.1 Å². The van der Waals surface area contributed by atoms with Crippen molar-refractivity contribution in [3.05, 3.63) is 63.3 Å². The number of aromatic hydroxyl groups is 1. The number of carbonyl (C=O) groups excluding carboxylic acids is 2.